The summed E-state index contributed by atoms with van der Waals surface area (Å²) in [5.41, 5.74) is 0. The van der Waals surface area contributed by atoms with Crippen molar-refractivity contribution in [3.63, 3.8) is 0 Å². The molecule has 0 aromatic heterocycles. The molecule has 0 unspecified atom stereocenters. The van der Waals surface area contributed by atoms with Crippen LogP contribution in [0.15, 0.2) is 0 Å². The van der Waals surface area contributed by atoms with Crippen molar-refractivity contribution in [2.24, 2.45) is 0 Å². The van der Waals surface area contributed by atoms with E-state index < -0.39 is 16.0 Å². The van der Waals surface area contributed by atoms with Crippen LogP contribution in [0.4, 0.5) is 0 Å². The van der Waals surface area contributed by atoms with E-state index in [-0.39, 0.29) is 0 Å². The van der Waals surface area contributed by atoms with E-state index in [0.29, 0.717) is 0 Å². The van der Waals surface area contributed by atoms with Gasteiger partial charge in [0.2, 0.25) is 0 Å². The van der Waals surface area contributed by atoms with Crippen LogP contribution < -0.4 is 0 Å². The maximum Gasteiger partial charge on any atom is 0.195 e. The lowest BCUT2D eigenvalue weighted by Gasteiger charge is -2.03. The molecule has 0 aliphatic rings. The van der Waals surface area contributed by atoms with Gasteiger partial charge in [-0.3, -0.25) is 0 Å². The zero-order valence-corrected chi connectivity index (χ0v) is 11.1. The molecule has 56 valence electrons. The van der Waals surface area contributed by atoms with Gasteiger partial charge in [-0.05, 0) is 0 Å². The van der Waals surface area contributed by atoms with E-state index in [9.17, 15) is 8.42 Å². The van der Waals surface area contributed by atoms with Crippen molar-refractivity contribution in [2.75, 3.05) is 0 Å². The van der Waals surface area contributed by atoms with Gasteiger partial charge in [-0.1, -0.05) is 63.7 Å². The number of hydrogen-bond donors (Lipinski definition) is 0. The molecule has 7 heteroatoms. The van der Waals surface area contributed by atoms with E-state index in [2.05, 4.69) is 63.7 Å². The largest absolute Gasteiger partial charge is 0.225 e. The van der Waals surface area contributed by atoms with Gasteiger partial charge in [-0.25, -0.2) is 8.42 Å². The minimum atomic E-state index is -3.15. The lowest BCUT2D eigenvalue weighted by molar-refractivity contribution is 0.603. The highest BCUT2D eigenvalue weighted by molar-refractivity contribution is 9.30. The molecule has 9 heavy (non-hydrogen) atoms. The zero-order chi connectivity index (χ0) is 7.65. The van der Waals surface area contributed by atoms with Crippen LogP contribution in [-0.4, -0.2) is 14.6 Å². The second-order valence-electron chi connectivity index (χ2n) is 1.11. The van der Waals surface area contributed by atoms with Gasteiger partial charge in [0, 0.05) is 0 Å². The van der Waals surface area contributed by atoms with Gasteiger partial charge in [-0.15, -0.1) is 0 Å². The third-order valence-corrected chi connectivity index (χ3v) is 7.74. The molecular formula is C2H2Br4O2S. The van der Waals surface area contributed by atoms with Crippen molar-refractivity contribution in [1.82, 2.24) is 0 Å². The topological polar surface area (TPSA) is 34.1 Å². The van der Waals surface area contributed by atoms with E-state index in [1.807, 2.05) is 0 Å². The summed E-state index contributed by atoms with van der Waals surface area (Å²) in [7, 11) is -3.15. The molecule has 0 aliphatic heterocycles. The number of alkyl halides is 4. The molecule has 0 heterocycles. The highest BCUT2D eigenvalue weighted by Crippen LogP contribution is 2.27. The van der Waals surface area contributed by atoms with Gasteiger partial charge in [0.1, 0.15) is 0 Å². The SMILES string of the molecule is O=S(=O)(C(Br)Br)C(Br)Br. The summed E-state index contributed by atoms with van der Waals surface area (Å²) in [6.45, 7) is 0. The predicted octanol–water partition coefficient (Wildman–Crippen LogP) is 2.55. The van der Waals surface area contributed by atoms with Crippen LogP contribution in [0.5, 0.6) is 0 Å². The first-order chi connectivity index (χ1) is 3.89. The Bertz CT molecular complexity index is 157. The summed E-state index contributed by atoms with van der Waals surface area (Å²) >= 11 is 11.5. The summed E-state index contributed by atoms with van der Waals surface area (Å²) in [5.74, 6) is 0. The minimum absolute atomic E-state index is 0.707. The van der Waals surface area contributed by atoms with Gasteiger partial charge < -0.3 is 0 Å². The van der Waals surface area contributed by atoms with Crippen LogP contribution in [0.3, 0.4) is 0 Å². The van der Waals surface area contributed by atoms with Crippen molar-refractivity contribution in [2.45, 2.75) is 6.14 Å². The second kappa shape index (κ2) is 4.04. The zero-order valence-electron chi connectivity index (χ0n) is 3.89. The number of hydrogen-bond acceptors (Lipinski definition) is 2. The quantitative estimate of drug-likeness (QED) is 0.657. The van der Waals surface area contributed by atoms with Crippen molar-refractivity contribution in [3.8, 4) is 0 Å². The lowest BCUT2D eigenvalue weighted by Crippen LogP contribution is -2.14. The molecule has 0 saturated carbocycles. The molecular weight excluding hydrogens is 408 g/mol. The van der Waals surface area contributed by atoms with Crippen molar-refractivity contribution in [1.29, 1.82) is 0 Å². The minimum Gasteiger partial charge on any atom is -0.225 e. The summed E-state index contributed by atoms with van der Waals surface area (Å²) in [6, 6.07) is 0. The Kier molecular flexibility index (Phi) is 4.88. The van der Waals surface area contributed by atoms with E-state index in [4.69, 9.17) is 0 Å². The Morgan fingerprint density at radius 2 is 1.11 bits per heavy atom. The molecule has 0 N–H and O–H groups in total. The van der Waals surface area contributed by atoms with Gasteiger partial charge in [-0.2, -0.15) is 0 Å². The Morgan fingerprint density at radius 3 is 1.11 bits per heavy atom. The van der Waals surface area contributed by atoms with Crippen molar-refractivity contribution in [3.05, 3.63) is 0 Å². The maximum atomic E-state index is 10.8. The van der Waals surface area contributed by atoms with Crippen LogP contribution in [0, 0.1) is 0 Å². The monoisotopic (exact) mass is 406 g/mol. The van der Waals surface area contributed by atoms with E-state index >= 15 is 0 Å². The molecule has 0 fully saturated rings. The maximum absolute atomic E-state index is 10.8. The van der Waals surface area contributed by atoms with Crippen LogP contribution in [-0.2, 0) is 9.84 Å². The van der Waals surface area contributed by atoms with Gasteiger partial charge >= 0.3 is 0 Å². The van der Waals surface area contributed by atoms with Crippen molar-refractivity contribution < 1.29 is 8.42 Å². The predicted molar refractivity (Wildman–Crippen MR) is 52.2 cm³/mol. The van der Waals surface area contributed by atoms with Crippen LogP contribution >= 0.6 is 63.7 Å². The molecule has 0 radical (unpaired) electrons. The average molecular weight is 410 g/mol. The summed E-state index contributed by atoms with van der Waals surface area (Å²) in [4.78, 5) is 0. The molecule has 0 aliphatic carbocycles. The first-order valence-electron chi connectivity index (χ1n) is 1.68. The summed E-state index contributed by atoms with van der Waals surface area (Å²) < 4.78 is 20.3. The van der Waals surface area contributed by atoms with Crippen molar-refractivity contribution >= 4 is 73.6 Å². The second-order valence-corrected chi connectivity index (χ2v) is 11.8. The third-order valence-electron chi connectivity index (χ3n) is 0.497. The Morgan fingerprint density at radius 1 is 0.889 bits per heavy atom. The fraction of sp³-hybridized carbons (Fsp3) is 1.00. The molecule has 0 bridgehead atoms. The Hall–Kier alpha value is 1.87. The number of halogens is 4. The van der Waals surface area contributed by atoms with Gasteiger partial charge in [0.15, 0.2) is 16.0 Å². The van der Waals surface area contributed by atoms with E-state index in [0.717, 1.165) is 0 Å². The summed E-state index contributed by atoms with van der Waals surface area (Å²) in [5, 5.41) is 0. The van der Waals surface area contributed by atoms with Gasteiger partial charge in [0.05, 0.1) is 0 Å². The van der Waals surface area contributed by atoms with E-state index in [1.54, 1.807) is 0 Å². The first-order valence-corrected chi connectivity index (χ1v) is 6.95. The first kappa shape index (κ1) is 10.9. The number of sulfone groups is 1. The fourth-order valence-electron chi connectivity index (χ4n) is 0.0778. The molecule has 0 saturated heterocycles. The smallest absolute Gasteiger partial charge is 0.195 e. The standard InChI is InChI=1S/C2H2Br4O2S/c3-1(4)9(7,8)2(5)6/h1-2H. The normalized spacial score (nSPS) is 13.1. The average Bonchev–Trinajstić information content (AvgIpc) is 1.65. The van der Waals surface area contributed by atoms with Gasteiger partial charge in [0.25, 0.3) is 0 Å². The Labute approximate surface area is 87.2 Å². The molecule has 0 rings (SSSR count). The Balaban J connectivity index is 4.42. The van der Waals surface area contributed by atoms with Crippen LogP contribution in [0.25, 0.3) is 0 Å². The van der Waals surface area contributed by atoms with E-state index in [1.165, 1.54) is 0 Å². The molecule has 0 amide bonds. The molecule has 0 atom stereocenters. The molecule has 0 aromatic carbocycles. The number of rotatable bonds is 2. The summed E-state index contributed by atoms with van der Waals surface area (Å²) in [6.07, 6.45) is 0. The fourth-order valence-corrected chi connectivity index (χ4v) is 6.30. The third kappa shape index (κ3) is 3.18. The molecule has 0 aromatic rings. The van der Waals surface area contributed by atoms with Crippen LogP contribution in [0.1, 0.15) is 0 Å². The lowest BCUT2D eigenvalue weighted by atomic mass is 11.9. The molecule has 0 spiro atoms. The highest BCUT2D eigenvalue weighted by atomic mass is 79.9. The van der Waals surface area contributed by atoms with Crippen LogP contribution in [0.2, 0.25) is 0 Å². The highest BCUT2D eigenvalue weighted by Gasteiger charge is 2.25. The molecule has 2 nitrogen and oxygen atoms in total.